The number of aromatic nitrogens is 1. The quantitative estimate of drug-likeness (QED) is 0.768. The van der Waals surface area contributed by atoms with Crippen molar-refractivity contribution >= 4 is 0 Å². The summed E-state index contributed by atoms with van der Waals surface area (Å²) >= 11 is 0. The number of benzene rings is 1. The smallest absolute Gasteiger partial charge is 0.219 e. The van der Waals surface area contributed by atoms with Gasteiger partial charge in [-0.1, -0.05) is 39.0 Å². The molecular weight excluding hydrogens is 210 g/mol. The largest absolute Gasteiger partial charge is 0.439 e. The Bertz CT molecular complexity index is 486. The van der Waals surface area contributed by atoms with Crippen molar-refractivity contribution < 1.29 is 4.74 Å². The molecule has 2 nitrogen and oxygen atoms in total. The van der Waals surface area contributed by atoms with Gasteiger partial charge in [-0.2, -0.15) is 0 Å². The van der Waals surface area contributed by atoms with Gasteiger partial charge in [-0.25, -0.2) is 4.98 Å². The molecule has 0 saturated heterocycles. The molecule has 0 saturated carbocycles. The van der Waals surface area contributed by atoms with E-state index in [0.717, 1.165) is 5.75 Å². The van der Waals surface area contributed by atoms with Gasteiger partial charge in [0.25, 0.3) is 0 Å². The SMILES string of the molecule is CC(C)(C)c1cccc(Oc2ccccn2)c1. The first kappa shape index (κ1) is 11.6. The molecule has 2 heteroatoms. The Morgan fingerprint density at radius 2 is 1.82 bits per heavy atom. The zero-order valence-electron chi connectivity index (χ0n) is 10.5. The number of hydrogen-bond donors (Lipinski definition) is 0. The zero-order valence-corrected chi connectivity index (χ0v) is 10.5. The van der Waals surface area contributed by atoms with Crippen LogP contribution < -0.4 is 4.74 Å². The molecule has 2 rings (SSSR count). The van der Waals surface area contributed by atoms with Crippen molar-refractivity contribution in [3.05, 3.63) is 54.2 Å². The first-order valence-electron chi connectivity index (χ1n) is 5.75. The molecule has 0 fully saturated rings. The van der Waals surface area contributed by atoms with Gasteiger partial charge in [-0.15, -0.1) is 0 Å². The lowest BCUT2D eigenvalue weighted by Gasteiger charge is -2.19. The summed E-state index contributed by atoms with van der Waals surface area (Å²) in [6, 6.07) is 13.8. The monoisotopic (exact) mass is 227 g/mol. The van der Waals surface area contributed by atoms with E-state index in [2.05, 4.69) is 37.9 Å². The Hall–Kier alpha value is -1.83. The van der Waals surface area contributed by atoms with Crippen molar-refractivity contribution in [2.75, 3.05) is 0 Å². The number of nitrogens with zero attached hydrogens (tertiary/aromatic N) is 1. The van der Waals surface area contributed by atoms with Gasteiger partial charge in [-0.3, -0.25) is 0 Å². The number of pyridine rings is 1. The second kappa shape index (κ2) is 4.58. The van der Waals surface area contributed by atoms with Crippen molar-refractivity contribution in [1.82, 2.24) is 4.98 Å². The van der Waals surface area contributed by atoms with Crippen LogP contribution in [0, 0.1) is 0 Å². The summed E-state index contributed by atoms with van der Waals surface area (Å²) in [6.07, 6.45) is 1.73. The average molecular weight is 227 g/mol. The Labute approximate surface area is 102 Å². The van der Waals surface area contributed by atoms with Crippen molar-refractivity contribution in [2.24, 2.45) is 0 Å². The summed E-state index contributed by atoms with van der Waals surface area (Å²) in [5.74, 6) is 1.45. The molecule has 2 aromatic rings. The Morgan fingerprint density at radius 3 is 2.47 bits per heavy atom. The van der Waals surface area contributed by atoms with Crippen molar-refractivity contribution in [3.63, 3.8) is 0 Å². The van der Waals surface area contributed by atoms with Crippen LogP contribution in [0.3, 0.4) is 0 Å². The molecule has 1 aromatic heterocycles. The third kappa shape index (κ3) is 3.06. The number of ether oxygens (including phenoxy) is 1. The molecule has 1 aromatic carbocycles. The highest BCUT2D eigenvalue weighted by atomic mass is 16.5. The summed E-state index contributed by atoms with van der Waals surface area (Å²) in [4.78, 5) is 4.14. The molecule has 0 amide bonds. The van der Waals surface area contributed by atoms with E-state index in [4.69, 9.17) is 4.74 Å². The molecule has 0 aliphatic heterocycles. The fourth-order valence-corrected chi connectivity index (χ4v) is 1.55. The van der Waals surface area contributed by atoms with Gasteiger partial charge in [0.15, 0.2) is 0 Å². The van der Waals surface area contributed by atoms with Crippen LogP contribution >= 0.6 is 0 Å². The molecule has 0 radical (unpaired) electrons. The lowest BCUT2D eigenvalue weighted by atomic mass is 9.87. The number of hydrogen-bond acceptors (Lipinski definition) is 2. The second-order valence-corrected chi connectivity index (χ2v) is 5.05. The van der Waals surface area contributed by atoms with E-state index in [0.29, 0.717) is 5.88 Å². The molecular formula is C15H17NO. The lowest BCUT2D eigenvalue weighted by molar-refractivity contribution is 0.460. The van der Waals surface area contributed by atoms with Crippen LogP contribution in [-0.2, 0) is 5.41 Å². The highest BCUT2D eigenvalue weighted by Crippen LogP contribution is 2.27. The molecule has 17 heavy (non-hydrogen) atoms. The summed E-state index contributed by atoms with van der Waals surface area (Å²) in [7, 11) is 0. The molecule has 88 valence electrons. The molecule has 0 N–H and O–H groups in total. The molecule has 0 aliphatic rings. The van der Waals surface area contributed by atoms with E-state index in [1.54, 1.807) is 6.20 Å². The fraction of sp³-hybridized carbons (Fsp3) is 0.267. The lowest BCUT2D eigenvalue weighted by Crippen LogP contribution is -2.10. The van der Waals surface area contributed by atoms with Crippen LogP contribution in [0.15, 0.2) is 48.7 Å². The van der Waals surface area contributed by atoms with Crippen LogP contribution in [0.4, 0.5) is 0 Å². The topological polar surface area (TPSA) is 22.1 Å². The summed E-state index contributed by atoms with van der Waals surface area (Å²) in [6.45, 7) is 6.56. The fourth-order valence-electron chi connectivity index (χ4n) is 1.55. The maximum Gasteiger partial charge on any atom is 0.219 e. The molecule has 0 aliphatic carbocycles. The molecule has 0 spiro atoms. The maximum absolute atomic E-state index is 5.70. The van der Waals surface area contributed by atoms with Crippen LogP contribution in [0.1, 0.15) is 26.3 Å². The van der Waals surface area contributed by atoms with Gasteiger partial charge >= 0.3 is 0 Å². The standard InChI is InChI=1S/C15H17NO/c1-15(2,3)12-7-6-8-13(11-12)17-14-9-4-5-10-16-14/h4-11H,1-3H3. The Balaban J connectivity index is 2.23. The zero-order chi connectivity index (χ0) is 12.3. The van der Waals surface area contributed by atoms with E-state index >= 15 is 0 Å². The van der Waals surface area contributed by atoms with Gasteiger partial charge in [0.1, 0.15) is 5.75 Å². The van der Waals surface area contributed by atoms with Gasteiger partial charge in [0, 0.05) is 12.3 Å². The molecule has 0 unspecified atom stereocenters. The minimum atomic E-state index is 0.128. The molecule has 1 heterocycles. The van der Waals surface area contributed by atoms with Crippen molar-refractivity contribution in [2.45, 2.75) is 26.2 Å². The predicted octanol–water partition coefficient (Wildman–Crippen LogP) is 4.17. The van der Waals surface area contributed by atoms with Crippen molar-refractivity contribution in [1.29, 1.82) is 0 Å². The first-order chi connectivity index (χ1) is 8.05. The minimum absolute atomic E-state index is 0.128. The van der Waals surface area contributed by atoms with Gasteiger partial charge in [-0.05, 0) is 29.2 Å². The molecule has 0 atom stereocenters. The summed E-state index contributed by atoms with van der Waals surface area (Å²) < 4.78 is 5.70. The van der Waals surface area contributed by atoms with Crippen LogP contribution in [0.2, 0.25) is 0 Å². The molecule has 0 bridgehead atoms. The van der Waals surface area contributed by atoms with Gasteiger partial charge in [0.05, 0.1) is 0 Å². The van der Waals surface area contributed by atoms with E-state index in [9.17, 15) is 0 Å². The maximum atomic E-state index is 5.70. The normalized spacial score (nSPS) is 11.2. The van der Waals surface area contributed by atoms with Crippen molar-refractivity contribution in [3.8, 4) is 11.6 Å². The van der Waals surface area contributed by atoms with E-state index in [1.165, 1.54) is 5.56 Å². The van der Waals surface area contributed by atoms with Gasteiger partial charge < -0.3 is 4.74 Å². The van der Waals surface area contributed by atoms with E-state index < -0.39 is 0 Å². The van der Waals surface area contributed by atoms with E-state index in [1.807, 2.05) is 30.3 Å². The second-order valence-electron chi connectivity index (χ2n) is 5.05. The number of rotatable bonds is 2. The predicted molar refractivity (Wildman–Crippen MR) is 69.5 cm³/mol. The highest BCUT2D eigenvalue weighted by molar-refractivity contribution is 5.34. The van der Waals surface area contributed by atoms with Crippen LogP contribution in [0.5, 0.6) is 11.6 Å². The first-order valence-corrected chi connectivity index (χ1v) is 5.75. The van der Waals surface area contributed by atoms with E-state index in [-0.39, 0.29) is 5.41 Å². The Kier molecular flexibility index (Phi) is 3.14. The summed E-state index contributed by atoms with van der Waals surface area (Å²) in [5.41, 5.74) is 1.38. The third-order valence-electron chi connectivity index (χ3n) is 2.56. The average Bonchev–Trinajstić information content (AvgIpc) is 2.29. The van der Waals surface area contributed by atoms with Crippen LogP contribution in [-0.4, -0.2) is 4.98 Å². The highest BCUT2D eigenvalue weighted by Gasteiger charge is 2.14. The van der Waals surface area contributed by atoms with Crippen LogP contribution in [0.25, 0.3) is 0 Å². The van der Waals surface area contributed by atoms with Gasteiger partial charge in [0.2, 0.25) is 5.88 Å². The third-order valence-corrected chi connectivity index (χ3v) is 2.56. The Morgan fingerprint density at radius 1 is 1.00 bits per heavy atom. The summed E-state index contributed by atoms with van der Waals surface area (Å²) in [5, 5.41) is 0. The minimum Gasteiger partial charge on any atom is -0.439 e.